The van der Waals surface area contributed by atoms with Crippen LogP contribution < -0.4 is 16.0 Å². The fourth-order valence-electron chi connectivity index (χ4n) is 2.08. The van der Waals surface area contributed by atoms with Crippen molar-refractivity contribution in [3.8, 4) is 0 Å². The van der Waals surface area contributed by atoms with Crippen LogP contribution in [0.5, 0.6) is 0 Å². The molecule has 0 aliphatic rings. The third-order valence-electron chi connectivity index (χ3n) is 3.24. The molecule has 1 aromatic rings. The lowest BCUT2D eigenvalue weighted by atomic mass is 9.96. The highest BCUT2D eigenvalue weighted by Gasteiger charge is 2.27. The van der Waals surface area contributed by atoms with Crippen molar-refractivity contribution in [3.63, 3.8) is 0 Å². The zero-order valence-corrected chi connectivity index (χ0v) is 12.6. The van der Waals surface area contributed by atoms with Crippen LogP contribution in [0.15, 0.2) is 18.2 Å². The van der Waals surface area contributed by atoms with Crippen LogP contribution in [0.1, 0.15) is 32.3 Å². The summed E-state index contributed by atoms with van der Waals surface area (Å²) in [5, 5.41) is 2.90. The molecule has 1 aromatic carbocycles. The molecule has 1 unspecified atom stereocenters. The molecule has 1 atom stereocenters. The van der Waals surface area contributed by atoms with E-state index in [4.69, 9.17) is 5.73 Å². The highest BCUT2D eigenvalue weighted by atomic mass is 16.2. The van der Waals surface area contributed by atoms with Gasteiger partial charge in [0.1, 0.15) is 0 Å². The van der Waals surface area contributed by atoms with Crippen LogP contribution in [0.3, 0.4) is 0 Å². The van der Waals surface area contributed by atoms with E-state index in [2.05, 4.69) is 5.32 Å². The number of carbonyl (C=O) groups excluding carboxylic acids is 1. The number of aryl methyl sites for hydroxylation is 1. The van der Waals surface area contributed by atoms with E-state index in [0.29, 0.717) is 6.42 Å². The number of amides is 1. The molecule has 0 radical (unpaired) electrons. The lowest BCUT2D eigenvalue weighted by Gasteiger charge is -2.23. The van der Waals surface area contributed by atoms with E-state index in [9.17, 15) is 4.79 Å². The molecule has 19 heavy (non-hydrogen) atoms. The van der Waals surface area contributed by atoms with Crippen LogP contribution in [-0.4, -0.2) is 25.5 Å². The molecule has 0 bridgehead atoms. The second-order valence-electron chi connectivity index (χ2n) is 5.52. The van der Waals surface area contributed by atoms with Crippen LogP contribution in [0, 0.1) is 6.92 Å². The summed E-state index contributed by atoms with van der Waals surface area (Å²) in [6.07, 6.45) is 1.56. The molecule has 0 spiro atoms. The topological polar surface area (TPSA) is 58.4 Å². The molecular weight excluding hydrogens is 238 g/mol. The van der Waals surface area contributed by atoms with Gasteiger partial charge in [-0.25, -0.2) is 0 Å². The minimum absolute atomic E-state index is 0.136. The highest BCUT2D eigenvalue weighted by molar-refractivity contribution is 5.98. The zero-order chi connectivity index (χ0) is 14.6. The summed E-state index contributed by atoms with van der Waals surface area (Å²) in [4.78, 5) is 14.2. The lowest BCUT2D eigenvalue weighted by molar-refractivity contribution is -0.120. The van der Waals surface area contributed by atoms with Crippen molar-refractivity contribution in [1.82, 2.24) is 0 Å². The van der Waals surface area contributed by atoms with Crippen LogP contribution in [0.25, 0.3) is 0 Å². The number of benzene rings is 1. The van der Waals surface area contributed by atoms with Crippen LogP contribution in [0.2, 0.25) is 0 Å². The predicted octanol–water partition coefficient (Wildman–Crippen LogP) is 2.52. The number of anilines is 2. The SMILES string of the molecule is CCCC(C)(N)C(=O)Nc1ccc(C)c(N(C)C)c1. The third-order valence-corrected chi connectivity index (χ3v) is 3.24. The fourth-order valence-corrected chi connectivity index (χ4v) is 2.08. The number of hydrogen-bond acceptors (Lipinski definition) is 3. The van der Waals surface area contributed by atoms with Crippen LogP contribution in [-0.2, 0) is 4.79 Å². The maximum Gasteiger partial charge on any atom is 0.244 e. The first-order chi connectivity index (χ1) is 8.77. The van der Waals surface area contributed by atoms with Gasteiger partial charge in [0.2, 0.25) is 5.91 Å². The predicted molar refractivity (Wildman–Crippen MR) is 81.6 cm³/mol. The Balaban J connectivity index is 2.89. The van der Waals surface area contributed by atoms with Crippen molar-refractivity contribution >= 4 is 17.3 Å². The van der Waals surface area contributed by atoms with E-state index >= 15 is 0 Å². The number of rotatable bonds is 5. The summed E-state index contributed by atoms with van der Waals surface area (Å²) in [6, 6.07) is 5.87. The minimum Gasteiger partial charge on any atom is -0.377 e. The van der Waals surface area contributed by atoms with Crippen molar-refractivity contribution in [3.05, 3.63) is 23.8 Å². The van der Waals surface area contributed by atoms with E-state index in [1.54, 1.807) is 6.92 Å². The van der Waals surface area contributed by atoms with Gasteiger partial charge >= 0.3 is 0 Å². The van der Waals surface area contributed by atoms with E-state index in [0.717, 1.165) is 17.8 Å². The van der Waals surface area contributed by atoms with Crippen LogP contribution >= 0.6 is 0 Å². The molecule has 0 aliphatic heterocycles. The van der Waals surface area contributed by atoms with Gasteiger partial charge in [-0.3, -0.25) is 4.79 Å². The summed E-state index contributed by atoms with van der Waals surface area (Å²) < 4.78 is 0. The molecule has 0 saturated heterocycles. The average Bonchev–Trinajstić information content (AvgIpc) is 2.31. The van der Waals surface area contributed by atoms with E-state index < -0.39 is 5.54 Å². The van der Waals surface area contributed by atoms with E-state index in [1.807, 2.05) is 51.0 Å². The van der Waals surface area contributed by atoms with Gasteiger partial charge in [0.05, 0.1) is 5.54 Å². The number of nitrogens with two attached hydrogens (primary N) is 1. The summed E-state index contributed by atoms with van der Waals surface area (Å²) in [6.45, 7) is 5.84. The first-order valence-electron chi connectivity index (χ1n) is 6.66. The van der Waals surface area contributed by atoms with E-state index in [1.165, 1.54) is 5.56 Å². The highest BCUT2D eigenvalue weighted by Crippen LogP contribution is 2.23. The van der Waals surface area contributed by atoms with E-state index in [-0.39, 0.29) is 5.91 Å². The zero-order valence-electron chi connectivity index (χ0n) is 12.6. The van der Waals surface area contributed by atoms with Crippen molar-refractivity contribution in [1.29, 1.82) is 0 Å². The Kier molecular flexibility index (Phi) is 4.95. The van der Waals surface area contributed by atoms with Crippen LogP contribution in [0.4, 0.5) is 11.4 Å². The molecule has 1 amide bonds. The average molecular weight is 263 g/mol. The van der Waals surface area contributed by atoms with Crippen molar-refractivity contribution in [2.24, 2.45) is 5.73 Å². The molecule has 0 saturated carbocycles. The Hall–Kier alpha value is -1.55. The van der Waals surface area contributed by atoms with Gasteiger partial charge in [-0.15, -0.1) is 0 Å². The summed E-state index contributed by atoms with van der Waals surface area (Å²) >= 11 is 0. The molecule has 0 aliphatic carbocycles. The Morgan fingerprint density at radius 3 is 2.58 bits per heavy atom. The molecule has 0 aromatic heterocycles. The van der Waals surface area contributed by atoms with Gasteiger partial charge in [-0.05, 0) is 38.0 Å². The fraction of sp³-hybridized carbons (Fsp3) is 0.533. The van der Waals surface area contributed by atoms with Gasteiger partial charge in [-0.2, -0.15) is 0 Å². The summed E-state index contributed by atoms with van der Waals surface area (Å²) in [5.41, 5.74) is 8.25. The third kappa shape index (κ3) is 3.96. The molecule has 0 heterocycles. The number of nitrogens with zero attached hydrogens (tertiary/aromatic N) is 1. The van der Waals surface area contributed by atoms with Gasteiger partial charge in [0, 0.05) is 25.5 Å². The van der Waals surface area contributed by atoms with Crippen molar-refractivity contribution in [2.45, 2.75) is 39.2 Å². The second kappa shape index (κ2) is 6.06. The molecule has 1 rings (SSSR count). The smallest absolute Gasteiger partial charge is 0.244 e. The molecule has 0 fully saturated rings. The van der Waals surface area contributed by atoms with Gasteiger partial charge in [-0.1, -0.05) is 19.4 Å². The minimum atomic E-state index is -0.822. The number of nitrogens with one attached hydrogen (secondary N) is 1. The number of carbonyl (C=O) groups is 1. The monoisotopic (exact) mass is 263 g/mol. The first kappa shape index (κ1) is 15.5. The van der Waals surface area contributed by atoms with Gasteiger partial charge in [0.15, 0.2) is 0 Å². The second-order valence-corrected chi connectivity index (χ2v) is 5.52. The standard InChI is InChI=1S/C15H25N3O/c1-6-9-15(3,16)14(19)17-12-8-7-11(2)13(10-12)18(4)5/h7-8,10H,6,9,16H2,1-5H3,(H,17,19). The normalized spacial score (nSPS) is 13.8. The Bertz CT molecular complexity index is 453. The Labute approximate surface area is 116 Å². The Morgan fingerprint density at radius 2 is 2.05 bits per heavy atom. The number of hydrogen-bond donors (Lipinski definition) is 2. The largest absolute Gasteiger partial charge is 0.377 e. The maximum absolute atomic E-state index is 12.1. The molecule has 106 valence electrons. The van der Waals surface area contributed by atoms with Crippen molar-refractivity contribution < 1.29 is 4.79 Å². The molecule has 4 heteroatoms. The Morgan fingerprint density at radius 1 is 1.42 bits per heavy atom. The quantitative estimate of drug-likeness (QED) is 0.858. The maximum atomic E-state index is 12.1. The van der Waals surface area contributed by atoms with Gasteiger partial charge in [0.25, 0.3) is 0 Å². The molecule has 4 nitrogen and oxygen atoms in total. The molecular formula is C15H25N3O. The summed E-state index contributed by atoms with van der Waals surface area (Å²) in [5.74, 6) is -0.136. The van der Waals surface area contributed by atoms with Gasteiger partial charge < -0.3 is 16.0 Å². The first-order valence-corrected chi connectivity index (χ1v) is 6.66. The molecule has 3 N–H and O–H groups in total. The van der Waals surface area contributed by atoms with Crippen molar-refractivity contribution in [2.75, 3.05) is 24.3 Å². The summed E-state index contributed by atoms with van der Waals surface area (Å²) in [7, 11) is 3.97. The lowest BCUT2D eigenvalue weighted by Crippen LogP contribution is -2.48.